The van der Waals surface area contributed by atoms with Crippen molar-refractivity contribution in [2.75, 3.05) is 26.2 Å². The molecule has 1 fully saturated rings. The zero-order valence-electron chi connectivity index (χ0n) is 14.9. The first-order chi connectivity index (χ1) is 12.7. The van der Waals surface area contributed by atoms with Crippen molar-refractivity contribution in [1.29, 1.82) is 0 Å². The zero-order valence-corrected chi connectivity index (χ0v) is 17.3. The Labute approximate surface area is 168 Å². The predicted octanol–water partition coefficient (Wildman–Crippen LogP) is 3.15. The molecule has 0 radical (unpaired) electrons. The number of hydrogen-bond donors (Lipinski definition) is 0. The monoisotopic (exact) mass is 427 g/mol. The van der Waals surface area contributed by atoms with E-state index < -0.39 is 10.0 Å². The number of benzene rings is 1. The third-order valence-electron chi connectivity index (χ3n) is 4.52. The Balaban J connectivity index is 1.72. The van der Waals surface area contributed by atoms with Crippen LogP contribution in [0.25, 0.3) is 0 Å². The summed E-state index contributed by atoms with van der Waals surface area (Å²) in [5.41, 5.74) is 2.06. The van der Waals surface area contributed by atoms with Gasteiger partial charge in [0.2, 0.25) is 10.0 Å². The van der Waals surface area contributed by atoms with E-state index in [1.165, 1.54) is 16.6 Å². The summed E-state index contributed by atoms with van der Waals surface area (Å²) in [6.45, 7) is 4.77. The van der Waals surface area contributed by atoms with Crippen LogP contribution in [0.5, 0.6) is 0 Å². The first-order valence-electron chi connectivity index (χ1n) is 8.38. The van der Waals surface area contributed by atoms with Crippen LogP contribution in [0.4, 0.5) is 0 Å². The molecule has 0 N–H and O–H groups in total. The maximum atomic E-state index is 12.9. The lowest BCUT2D eigenvalue weighted by atomic mass is 10.2. The fourth-order valence-corrected chi connectivity index (χ4v) is 4.98. The number of carbonyl (C=O) groups is 1. The molecule has 1 aliphatic rings. The lowest BCUT2D eigenvalue weighted by Crippen LogP contribution is -2.50. The van der Waals surface area contributed by atoms with Crippen molar-refractivity contribution in [2.45, 2.75) is 18.7 Å². The molecular formula is C18H19Cl2N3O3S. The number of piperazine rings is 1. The molecule has 3 rings (SSSR count). The first-order valence-corrected chi connectivity index (χ1v) is 10.6. The van der Waals surface area contributed by atoms with Gasteiger partial charge in [-0.05, 0) is 31.5 Å². The Kier molecular flexibility index (Phi) is 5.76. The number of sulfonamides is 1. The molecule has 0 saturated carbocycles. The summed E-state index contributed by atoms with van der Waals surface area (Å²) >= 11 is 11.7. The van der Waals surface area contributed by atoms with Crippen molar-refractivity contribution in [3.8, 4) is 0 Å². The van der Waals surface area contributed by atoms with E-state index in [1.54, 1.807) is 24.0 Å². The molecular weight excluding hydrogens is 409 g/mol. The molecule has 1 amide bonds. The summed E-state index contributed by atoms with van der Waals surface area (Å²) < 4.78 is 27.3. The van der Waals surface area contributed by atoms with Gasteiger partial charge in [-0.2, -0.15) is 4.31 Å². The van der Waals surface area contributed by atoms with Crippen LogP contribution in [0, 0.1) is 13.8 Å². The molecule has 0 bridgehead atoms. The molecule has 2 heterocycles. The number of halogens is 2. The minimum absolute atomic E-state index is 0.137. The van der Waals surface area contributed by atoms with Crippen LogP contribution in [0.3, 0.4) is 0 Å². The van der Waals surface area contributed by atoms with Crippen LogP contribution in [-0.4, -0.2) is 54.7 Å². The van der Waals surface area contributed by atoms with Gasteiger partial charge in [0.15, 0.2) is 0 Å². The molecule has 2 aromatic rings. The molecule has 1 aliphatic heterocycles. The average molecular weight is 428 g/mol. The molecule has 0 spiro atoms. The van der Waals surface area contributed by atoms with Crippen molar-refractivity contribution in [3.63, 3.8) is 0 Å². The van der Waals surface area contributed by atoms with Gasteiger partial charge < -0.3 is 4.90 Å². The third kappa shape index (κ3) is 4.11. The highest BCUT2D eigenvalue weighted by Gasteiger charge is 2.31. The Bertz CT molecular complexity index is 987. The van der Waals surface area contributed by atoms with Crippen LogP contribution in [-0.2, 0) is 10.0 Å². The topological polar surface area (TPSA) is 70.6 Å². The molecule has 144 valence electrons. The molecule has 1 aromatic carbocycles. The number of amides is 1. The number of aryl methyl sites for hydroxylation is 2. The third-order valence-corrected chi connectivity index (χ3v) is 7.26. The molecule has 0 unspecified atom stereocenters. The highest BCUT2D eigenvalue weighted by atomic mass is 35.5. The second-order valence-corrected chi connectivity index (χ2v) is 9.13. The maximum absolute atomic E-state index is 12.9. The van der Waals surface area contributed by atoms with Gasteiger partial charge in [0.1, 0.15) is 5.15 Å². The van der Waals surface area contributed by atoms with Crippen molar-refractivity contribution < 1.29 is 13.2 Å². The van der Waals surface area contributed by atoms with Gasteiger partial charge in [-0.15, -0.1) is 0 Å². The van der Waals surface area contributed by atoms with Crippen LogP contribution >= 0.6 is 23.2 Å². The summed E-state index contributed by atoms with van der Waals surface area (Å²) in [4.78, 5) is 18.4. The van der Waals surface area contributed by atoms with Gasteiger partial charge in [0.25, 0.3) is 5.91 Å². The summed E-state index contributed by atoms with van der Waals surface area (Å²) in [6.07, 6.45) is 1.37. The second kappa shape index (κ2) is 7.75. The summed E-state index contributed by atoms with van der Waals surface area (Å²) in [7, 11) is -3.59. The van der Waals surface area contributed by atoms with E-state index in [0.29, 0.717) is 23.5 Å². The largest absolute Gasteiger partial charge is 0.336 e. The number of aromatic nitrogens is 1. The van der Waals surface area contributed by atoms with E-state index in [4.69, 9.17) is 23.2 Å². The van der Waals surface area contributed by atoms with E-state index in [2.05, 4.69) is 4.98 Å². The fourth-order valence-electron chi connectivity index (χ4n) is 3.08. The lowest BCUT2D eigenvalue weighted by Gasteiger charge is -2.34. The highest BCUT2D eigenvalue weighted by molar-refractivity contribution is 7.89. The highest BCUT2D eigenvalue weighted by Crippen LogP contribution is 2.24. The Morgan fingerprint density at radius 3 is 2.33 bits per heavy atom. The van der Waals surface area contributed by atoms with Gasteiger partial charge in [0, 0.05) is 32.4 Å². The smallest absolute Gasteiger partial charge is 0.255 e. The second-order valence-electron chi connectivity index (χ2n) is 6.46. The zero-order chi connectivity index (χ0) is 19.8. The molecule has 1 aromatic heterocycles. The summed E-state index contributed by atoms with van der Waals surface area (Å²) in [5.74, 6) is -0.246. The Morgan fingerprint density at radius 2 is 1.74 bits per heavy atom. The molecule has 9 heteroatoms. The Hall–Kier alpha value is -1.67. The fraction of sp³-hybridized carbons (Fsp3) is 0.333. The summed E-state index contributed by atoms with van der Waals surface area (Å²) in [6, 6.07) is 6.75. The van der Waals surface area contributed by atoms with E-state index >= 15 is 0 Å². The van der Waals surface area contributed by atoms with Crippen LogP contribution < -0.4 is 0 Å². The molecule has 1 saturated heterocycles. The molecule has 0 atom stereocenters. The van der Waals surface area contributed by atoms with Crippen molar-refractivity contribution in [2.24, 2.45) is 0 Å². The van der Waals surface area contributed by atoms with Crippen LogP contribution in [0.1, 0.15) is 21.5 Å². The van der Waals surface area contributed by atoms with Crippen LogP contribution in [0.15, 0.2) is 35.4 Å². The van der Waals surface area contributed by atoms with Crippen molar-refractivity contribution in [3.05, 3.63) is 57.3 Å². The number of hydrogen-bond acceptors (Lipinski definition) is 4. The predicted molar refractivity (Wildman–Crippen MR) is 105 cm³/mol. The summed E-state index contributed by atoms with van der Waals surface area (Å²) in [5, 5.41) is 0.344. The van der Waals surface area contributed by atoms with Crippen LogP contribution in [0.2, 0.25) is 10.2 Å². The Morgan fingerprint density at radius 1 is 1.07 bits per heavy atom. The minimum Gasteiger partial charge on any atom is -0.336 e. The number of rotatable bonds is 3. The molecule has 27 heavy (non-hydrogen) atoms. The normalized spacial score (nSPS) is 15.8. The van der Waals surface area contributed by atoms with Gasteiger partial charge >= 0.3 is 0 Å². The van der Waals surface area contributed by atoms with E-state index in [9.17, 15) is 13.2 Å². The number of pyridine rings is 1. The lowest BCUT2D eigenvalue weighted by molar-refractivity contribution is 0.0697. The maximum Gasteiger partial charge on any atom is 0.255 e. The quantitative estimate of drug-likeness (QED) is 0.705. The number of carbonyl (C=O) groups excluding carboxylic acids is 1. The van der Waals surface area contributed by atoms with Gasteiger partial charge in [-0.1, -0.05) is 40.9 Å². The number of nitrogens with zero attached hydrogens (tertiary/aromatic N) is 3. The van der Waals surface area contributed by atoms with Gasteiger partial charge in [0.05, 0.1) is 15.5 Å². The van der Waals surface area contributed by atoms with Crippen molar-refractivity contribution in [1.82, 2.24) is 14.2 Å². The van der Waals surface area contributed by atoms with Gasteiger partial charge in [-0.3, -0.25) is 4.79 Å². The average Bonchev–Trinajstić information content (AvgIpc) is 2.63. The van der Waals surface area contributed by atoms with E-state index in [1.807, 2.05) is 13.0 Å². The SMILES string of the molecule is Cc1ccc(S(=O)(=O)N2CCN(C(=O)c3cnc(Cl)c(Cl)c3)CC2)c(C)c1. The minimum atomic E-state index is -3.59. The molecule has 0 aliphatic carbocycles. The van der Waals surface area contributed by atoms with Gasteiger partial charge in [-0.25, -0.2) is 13.4 Å². The van der Waals surface area contributed by atoms with Crippen molar-refractivity contribution >= 4 is 39.1 Å². The van der Waals surface area contributed by atoms with E-state index in [0.717, 1.165) is 11.1 Å². The van der Waals surface area contributed by atoms with E-state index in [-0.39, 0.29) is 29.2 Å². The first kappa shape index (κ1) is 20.1. The molecule has 6 nitrogen and oxygen atoms in total. The standard InChI is InChI=1S/C18H19Cl2N3O3S/c1-12-3-4-16(13(2)9-12)27(25,26)23-7-5-22(6-8-23)18(24)14-10-15(19)17(20)21-11-14/h3-4,9-11H,5-8H2,1-2H3.